The summed E-state index contributed by atoms with van der Waals surface area (Å²) in [6.45, 7) is 6.83. The first kappa shape index (κ1) is 9.52. The average molecular weight is 175 g/mol. The van der Waals surface area contributed by atoms with Gasteiger partial charge in [-0.05, 0) is 36.3 Å². The van der Waals surface area contributed by atoms with Crippen LogP contribution in [0.1, 0.15) is 18.1 Å². The molecule has 13 heavy (non-hydrogen) atoms. The SMILES string of the molecule is C=[C]c1cc(C)cc(OC(C)=O)c1. The van der Waals surface area contributed by atoms with Gasteiger partial charge in [0, 0.05) is 6.92 Å². The molecule has 0 heterocycles. The maximum atomic E-state index is 10.7. The van der Waals surface area contributed by atoms with E-state index in [1.807, 2.05) is 13.0 Å². The molecule has 0 saturated carbocycles. The fraction of sp³-hybridized carbons (Fsp3) is 0.182. The van der Waals surface area contributed by atoms with Crippen LogP contribution in [0.15, 0.2) is 24.8 Å². The van der Waals surface area contributed by atoms with Crippen LogP contribution in [0, 0.1) is 13.0 Å². The molecular weight excluding hydrogens is 164 g/mol. The number of carbonyl (C=O) groups is 1. The first-order valence-corrected chi connectivity index (χ1v) is 3.95. The van der Waals surface area contributed by atoms with Gasteiger partial charge in [0.2, 0.25) is 0 Å². The molecule has 1 aromatic carbocycles. The summed E-state index contributed by atoms with van der Waals surface area (Å²) in [6, 6.07) is 5.43. The summed E-state index contributed by atoms with van der Waals surface area (Å²) < 4.78 is 4.93. The summed E-state index contributed by atoms with van der Waals surface area (Å²) in [7, 11) is 0. The van der Waals surface area contributed by atoms with Gasteiger partial charge in [-0.15, -0.1) is 0 Å². The molecule has 0 N–H and O–H groups in total. The van der Waals surface area contributed by atoms with Gasteiger partial charge in [0.15, 0.2) is 0 Å². The third kappa shape index (κ3) is 2.75. The minimum absolute atomic E-state index is 0.319. The van der Waals surface area contributed by atoms with E-state index >= 15 is 0 Å². The van der Waals surface area contributed by atoms with Gasteiger partial charge in [-0.25, -0.2) is 0 Å². The number of hydrogen-bond acceptors (Lipinski definition) is 2. The van der Waals surface area contributed by atoms with Crippen LogP contribution in [0.5, 0.6) is 5.75 Å². The van der Waals surface area contributed by atoms with Gasteiger partial charge in [-0.2, -0.15) is 0 Å². The molecule has 0 aliphatic rings. The summed E-state index contributed by atoms with van der Waals surface area (Å²) in [5.41, 5.74) is 1.85. The Labute approximate surface area is 77.8 Å². The fourth-order valence-corrected chi connectivity index (χ4v) is 1.07. The molecule has 0 aliphatic carbocycles. The molecule has 0 unspecified atom stereocenters. The Kier molecular flexibility index (Phi) is 2.85. The standard InChI is InChI=1S/C11H11O2/c1-4-10-5-8(2)6-11(7-10)13-9(3)12/h5-7H,1H2,2-3H3. The van der Waals surface area contributed by atoms with E-state index in [0.29, 0.717) is 5.75 Å². The Balaban J connectivity index is 3.01. The molecule has 0 atom stereocenters. The molecule has 2 nitrogen and oxygen atoms in total. The van der Waals surface area contributed by atoms with Crippen molar-refractivity contribution in [2.75, 3.05) is 0 Å². The van der Waals surface area contributed by atoms with E-state index in [1.165, 1.54) is 6.92 Å². The zero-order valence-electron chi connectivity index (χ0n) is 7.76. The first-order valence-electron chi connectivity index (χ1n) is 3.95. The minimum atomic E-state index is -0.319. The van der Waals surface area contributed by atoms with Crippen molar-refractivity contribution in [3.63, 3.8) is 0 Å². The van der Waals surface area contributed by atoms with Gasteiger partial charge >= 0.3 is 5.97 Å². The molecular formula is C11H11O2. The van der Waals surface area contributed by atoms with Crippen LogP contribution in [0.3, 0.4) is 0 Å². The molecule has 0 spiro atoms. The van der Waals surface area contributed by atoms with Crippen molar-refractivity contribution in [1.82, 2.24) is 0 Å². The average Bonchev–Trinajstić information content (AvgIpc) is 2.01. The van der Waals surface area contributed by atoms with E-state index in [9.17, 15) is 4.79 Å². The van der Waals surface area contributed by atoms with E-state index in [4.69, 9.17) is 4.74 Å². The van der Waals surface area contributed by atoms with Gasteiger partial charge in [0.05, 0.1) is 0 Å². The Morgan fingerprint density at radius 1 is 1.46 bits per heavy atom. The summed E-state index contributed by atoms with van der Waals surface area (Å²) >= 11 is 0. The van der Waals surface area contributed by atoms with Crippen molar-refractivity contribution >= 4 is 5.97 Å². The smallest absolute Gasteiger partial charge is 0.308 e. The molecule has 0 amide bonds. The summed E-state index contributed by atoms with van der Waals surface area (Å²) in [5.74, 6) is 0.222. The lowest BCUT2D eigenvalue weighted by atomic mass is 10.1. The Hall–Kier alpha value is -1.57. The topological polar surface area (TPSA) is 26.3 Å². The van der Waals surface area contributed by atoms with Crippen LogP contribution in [0.2, 0.25) is 0 Å². The normalized spacial score (nSPS) is 9.38. The number of esters is 1. The second kappa shape index (κ2) is 3.90. The van der Waals surface area contributed by atoms with Crippen LogP contribution in [0.25, 0.3) is 0 Å². The van der Waals surface area contributed by atoms with Crippen molar-refractivity contribution in [1.29, 1.82) is 0 Å². The van der Waals surface area contributed by atoms with Crippen molar-refractivity contribution < 1.29 is 9.53 Å². The molecule has 0 bridgehead atoms. The third-order valence-corrected chi connectivity index (χ3v) is 1.52. The molecule has 0 fully saturated rings. The van der Waals surface area contributed by atoms with E-state index in [2.05, 4.69) is 12.7 Å². The molecule has 2 heteroatoms. The zero-order valence-corrected chi connectivity index (χ0v) is 7.76. The highest BCUT2D eigenvalue weighted by molar-refractivity contribution is 5.69. The third-order valence-electron chi connectivity index (χ3n) is 1.52. The van der Waals surface area contributed by atoms with Crippen LogP contribution in [-0.2, 0) is 4.79 Å². The Morgan fingerprint density at radius 3 is 2.69 bits per heavy atom. The second-order valence-corrected chi connectivity index (χ2v) is 2.81. The number of benzene rings is 1. The van der Waals surface area contributed by atoms with Crippen LogP contribution in [-0.4, -0.2) is 5.97 Å². The number of hydrogen-bond donors (Lipinski definition) is 0. The molecule has 1 rings (SSSR count). The lowest BCUT2D eigenvalue weighted by Crippen LogP contribution is -2.01. The van der Waals surface area contributed by atoms with Crippen LogP contribution >= 0.6 is 0 Å². The molecule has 0 saturated heterocycles. The van der Waals surface area contributed by atoms with Crippen molar-refractivity contribution in [2.45, 2.75) is 13.8 Å². The lowest BCUT2D eigenvalue weighted by Gasteiger charge is -2.03. The van der Waals surface area contributed by atoms with Gasteiger partial charge in [0.1, 0.15) is 5.75 Å². The van der Waals surface area contributed by atoms with E-state index in [1.54, 1.807) is 12.1 Å². The summed E-state index contributed by atoms with van der Waals surface area (Å²) in [4.78, 5) is 10.7. The predicted molar refractivity (Wildman–Crippen MR) is 50.5 cm³/mol. The van der Waals surface area contributed by atoms with Gasteiger partial charge in [-0.3, -0.25) is 4.79 Å². The zero-order chi connectivity index (χ0) is 9.84. The quantitative estimate of drug-likeness (QED) is 0.509. The second-order valence-electron chi connectivity index (χ2n) is 2.81. The summed E-state index contributed by atoms with van der Waals surface area (Å²) in [5, 5.41) is 0. The van der Waals surface area contributed by atoms with Gasteiger partial charge < -0.3 is 4.74 Å². The minimum Gasteiger partial charge on any atom is -0.427 e. The highest BCUT2D eigenvalue weighted by Gasteiger charge is 1.99. The Morgan fingerprint density at radius 2 is 2.15 bits per heavy atom. The van der Waals surface area contributed by atoms with Crippen LogP contribution in [0.4, 0.5) is 0 Å². The molecule has 67 valence electrons. The van der Waals surface area contributed by atoms with Crippen molar-refractivity contribution in [3.8, 4) is 5.75 Å². The predicted octanol–water partition coefficient (Wildman–Crippen LogP) is 2.26. The number of ether oxygens (including phenoxy) is 1. The van der Waals surface area contributed by atoms with E-state index in [-0.39, 0.29) is 5.97 Å². The Bertz CT molecular complexity index is 340. The molecule has 0 aliphatic heterocycles. The van der Waals surface area contributed by atoms with E-state index < -0.39 is 0 Å². The maximum Gasteiger partial charge on any atom is 0.308 e. The molecule has 1 aromatic rings. The highest BCUT2D eigenvalue weighted by atomic mass is 16.5. The number of rotatable bonds is 2. The van der Waals surface area contributed by atoms with Gasteiger partial charge in [-0.1, -0.05) is 12.6 Å². The maximum absolute atomic E-state index is 10.7. The van der Waals surface area contributed by atoms with Crippen molar-refractivity contribution in [2.24, 2.45) is 0 Å². The first-order chi connectivity index (χ1) is 6.11. The number of aryl methyl sites for hydroxylation is 1. The molecule has 0 aromatic heterocycles. The lowest BCUT2D eigenvalue weighted by molar-refractivity contribution is -0.131. The fourth-order valence-electron chi connectivity index (χ4n) is 1.07. The van der Waals surface area contributed by atoms with Crippen LogP contribution < -0.4 is 4.74 Å². The monoisotopic (exact) mass is 175 g/mol. The van der Waals surface area contributed by atoms with Crippen molar-refractivity contribution in [3.05, 3.63) is 42.0 Å². The van der Waals surface area contributed by atoms with Gasteiger partial charge in [0.25, 0.3) is 0 Å². The van der Waals surface area contributed by atoms with E-state index in [0.717, 1.165) is 11.1 Å². The largest absolute Gasteiger partial charge is 0.427 e. The summed E-state index contributed by atoms with van der Waals surface area (Å²) in [6.07, 6.45) is 2.74. The number of carbonyl (C=O) groups excluding carboxylic acids is 1. The highest BCUT2D eigenvalue weighted by Crippen LogP contribution is 2.16. The molecule has 1 radical (unpaired) electrons.